The minimum absolute atomic E-state index is 0.720. The molecule has 2 rings (SSSR count). The Labute approximate surface area is 126 Å². The van der Waals surface area contributed by atoms with Crippen LogP contribution in [0.1, 0.15) is 66.2 Å². The van der Waals surface area contributed by atoms with Crippen LogP contribution < -0.4 is 5.32 Å². The van der Waals surface area contributed by atoms with Gasteiger partial charge in [0.2, 0.25) is 0 Å². The predicted octanol–water partition coefficient (Wildman–Crippen LogP) is 3.91. The molecule has 0 spiro atoms. The minimum Gasteiger partial charge on any atom is -0.315 e. The Balaban J connectivity index is 2.02. The summed E-state index contributed by atoms with van der Waals surface area (Å²) in [4.78, 5) is 2.88. The van der Waals surface area contributed by atoms with Gasteiger partial charge in [0, 0.05) is 18.1 Å². The lowest BCUT2D eigenvalue weighted by atomic mass is 9.76. The van der Waals surface area contributed by atoms with Gasteiger partial charge in [-0.05, 0) is 69.9 Å². The summed E-state index contributed by atoms with van der Waals surface area (Å²) in [5.41, 5.74) is 0. The second-order valence-corrected chi connectivity index (χ2v) is 7.93. The van der Waals surface area contributed by atoms with E-state index < -0.39 is 0 Å². The van der Waals surface area contributed by atoms with Crippen LogP contribution in [0.3, 0.4) is 0 Å². The fourth-order valence-electron chi connectivity index (χ4n) is 3.92. The van der Waals surface area contributed by atoms with Gasteiger partial charge >= 0.3 is 0 Å². The first-order valence-corrected chi connectivity index (χ1v) is 8.96. The zero-order valence-electron chi connectivity index (χ0n) is 14.4. The van der Waals surface area contributed by atoms with Crippen molar-refractivity contribution in [2.45, 2.75) is 84.3 Å². The van der Waals surface area contributed by atoms with E-state index in [4.69, 9.17) is 0 Å². The Kier molecular flexibility index (Phi) is 5.92. The van der Waals surface area contributed by atoms with Crippen LogP contribution in [0, 0.1) is 17.8 Å². The van der Waals surface area contributed by atoms with Crippen molar-refractivity contribution in [1.82, 2.24) is 10.2 Å². The second-order valence-electron chi connectivity index (χ2n) is 7.93. The molecule has 2 fully saturated rings. The Morgan fingerprint density at radius 2 is 1.75 bits per heavy atom. The molecule has 2 heteroatoms. The Bertz CT molecular complexity index is 283. The van der Waals surface area contributed by atoms with Crippen LogP contribution in [0.15, 0.2) is 0 Å². The molecule has 3 unspecified atom stereocenters. The highest BCUT2D eigenvalue weighted by molar-refractivity contribution is 4.97. The van der Waals surface area contributed by atoms with E-state index in [-0.39, 0.29) is 0 Å². The Morgan fingerprint density at radius 3 is 2.25 bits per heavy atom. The molecule has 0 aromatic heterocycles. The van der Waals surface area contributed by atoms with E-state index in [1.54, 1.807) is 0 Å². The standard InChI is InChI=1S/C18H36N2/c1-13(2)10-11-20(16-7-8-16)18-12-15(14(3)4)6-9-17(18)19-5/h13-19H,6-12H2,1-5H3. The van der Waals surface area contributed by atoms with Gasteiger partial charge in [-0.1, -0.05) is 27.7 Å². The SMILES string of the molecule is CNC1CCC(C(C)C)CC1N(CCC(C)C)C1CC1. The van der Waals surface area contributed by atoms with Crippen LogP contribution in [0.25, 0.3) is 0 Å². The average Bonchev–Trinajstić information content (AvgIpc) is 3.23. The molecular formula is C18H36N2. The van der Waals surface area contributed by atoms with E-state index in [0.29, 0.717) is 0 Å². The van der Waals surface area contributed by atoms with E-state index in [1.165, 1.54) is 45.1 Å². The van der Waals surface area contributed by atoms with E-state index in [2.05, 4.69) is 45.0 Å². The monoisotopic (exact) mass is 280 g/mol. The zero-order valence-corrected chi connectivity index (χ0v) is 14.4. The molecule has 0 aliphatic heterocycles. The molecule has 0 aromatic carbocycles. The van der Waals surface area contributed by atoms with Gasteiger partial charge in [-0.25, -0.2) is 0 Å². The molecule has 0 amide bonds. The first kappa shape index (κ1) is 16.3. The summed E-state index contributed by atoms with van der Waals surface area (Å²) in [6.07, 6.45) is 8.44. The number of hydrogen-bond donors (Lipinski definition) is 1. The number of likely N-dealkylation sites (N-methyl/N-ethyl adjacent to an activating group) is 1. The third kappa shape index (κ3) is 4.21. The largest absolute Gasteiger partial charge is 0.315 e. The van der Waals surface area contributed by atoms with Crippen molar-refractivity contribution in [2.24, 2.45) is 17.8 Å². The highest BCUT2D eigenvalue weighted by Gasteiger charge is 2.40. The normalized spacial score (nSPS) is 31.5. The van der Waals surface area contributed by atoms with Gasteiger partial charge in [0.15, 0.2) is 0 Å². The third-order valence-corrected chi connectivity index (χ3v) is 5.58. The maximum Gasteiger partial charge on any atom is 0.0254 e. The van der Waals surface area contributed by atoms with Crippen LogP contribution in [0.5, 0.6) is 0 Å². The summed E-state index contributed by atoms with van der Waals surface area (Å²) >= 11 is 0. The molecule has 2 aliphatic carbocycles. The molecule has 2 saturated carbocycles. The van der Waals surface area contributed by atoms with Gasteiger partial charge in [-0.15, -0.1) is 0 Å². The van der Waals surface area contributed by atoms with E-state index in [9.17, 15) is 0 Å². The summed E-state index contributed by atoms with van der Waals surface area (Å²) in [5.74, 6) is 2.61. The second kappa shape index (κ2) is 7.26. The fraction of sp³-hybridized carbons (Fsp3) is 1.00. The lowest BCUT2D eigenvalue weighted by Gasteiger charge is -2.44. The topological polar surface area (TPSA) is 15.3 Å². The van der Waals surface area contributed by atoms with Crippen molar-refractivity contribution in [3.63, 3.8) is 0 Å². The van der Waals surface area contributed by atoms with Crippen molar-refractivity contribution in [3.05, 3.63) is 0 Å². The van der Waals surface area contributed by atoms with Gasteiger partial charge in [-0.2, -0.15) is 0 Å². The fourth-order valence-corrected chi connectivity index (χ4v) is 3.92. The molecule has 0 radical (unpaired) electrons. The van der Waals surface area contributed by atoms with Crippen molar-refractivity contribution in [3.8, 4) is 0 Å². The highest BCUT2D eigenvalue weighted by atomic mass is 15.2. The summed E-state index contributed by atoms with van der Waals surface area (Å²) in [6, 6.07) is 2.41. The summed E-state index contributed by atoms with van der Waals surface area (Å²) < 4.78 is 0. The summed E-state index contributed by atoms with van der Waals surface area (Å²) in [7, 11) is 2.17. The molecule has 2 nitrogen and oxygen atoms in total. The lowest BCUT2D eigenvalue weighted by molar-refractivity contribution is 0.0756. The predicted molar refractivity (Wildman–Crippen MR) is 88.0 cm³/mol. The zero-order chi connectivity index (χ0) is 14.7. The maximum atomic E-state index is 3.62. The third-order valence-electron chi connectivity index (χ3n) is 5.58. The van der Waals surface area contributed by atoms with Crippen LogP contribution in [-0.4, -0.2) is 36.6 Å². The molecule has 2 aliphatic rings. The molecule has 0 aromatic rings. The van der Waals surface area contributed by atoms with Gasteiger partial charge in [0.25, 0.3) is 0 Å². The number of hydrogen-bond acceptors (Lipinski definition) is 2. The first-order chi connectivity index (χ1) is 9.52. The quantitative estimate of drug-likeness (QED) is 0.760. The van der Waals surface area contributed by atoms with Crippen LogP contribution in [0.4, 0.5) is 0 Å². The molecule has 0 bridgehead atoms. The van der Waals surface area contributed by atoms with Crippen LogP contribution in [-0.2, 0) is 0 Å². The number of nitrogens with one attached hydrogen (secondary N) is 1. The molecule has 20 heavy (non-hydrogen) atoms. The minimum atomic E-state index is 0.720. The molecule has 3 atom stereocenters. The van der Waals surface area contributed by atoms with Crippen LogP contribution >= 0.6 is 0 Å². The van der Waals surface area contributed by atoms with E-state index >= 15 is 0 Å². The van der Waals surface area contributed by atoms with E-state index in [0.717, 1.165) is 35.9 Å². The van der Waals surface area contributed by atoms with E-state index in [1.807, 2.05) is 0 Å². The van der Waals surface area contributed by atoms with Crippen molar-refractivity contribution in [2.75, 3.05) is 13.6 Å². The summed E-state index contributed by atoms with van der Waals surface area (Å²) in [6.45, 7) is 10.9. The van der Waals surface area contributed by atoms with Gasteiger partial charge in [0.05, 0.1) is 0 Å². The highest BCUT2D eigenvalue weighted by Crippen LogP contribution is 2.38. The molecule has 0 heterocycles. The van der Waals surface area contributed by atoms with Crippen LogP contribution in [0.2, 0.25) is 0 Å². The first-order valence-electron chi connectivity index (χ1n) is 8.96. The average molecular weight is 281 g/mol. The van der Waals surface area contributed by atoms with Gasteiger partial charge in [-0.3, -0.25) is 4.90 Å². The molecular weight excluding hydrogens is 244 g/mol. The number of nitrogens with zero attached hydrogens (tertiary/aromatic N) is 1. The number of rotatable bonds is 7. The molecule has 1 N–H and O–H groups in total. The van der Waals surface area contributed by atoms with Crippen molar-refractivity contribution in [1.29, 1.82) is 0 Å². The van der Waals surface area contributed by atoms with Gasteiger partial charge < -0.3 is 5.32 Å². The van der Waals surface area contributed by atoms with Gasteiger partial charge in [0.1, 0.15) is 0 Å². The molecule has 118 valence electrons. The smallest absolute Gasteiger partial charge is 0.0254 e. The Morgan fingerprint density at radius 1 is 1.05 bits per heavy atom. The van der Waals surface area contributed by atoms with Crippen molar-refractivity contribution < 1.29 is 0 Å². The molecule has 0 saturated heterocycles. The van der Waals surface area contributed by atoms with Crippen molar-refractivity contribution >= 4 is 0 Å². The Hall–Kier alpha value is -0.0800. The summed E-state index contributed by atoms with van der Waals surface area (Å²) in [5, 5.41) is 3.62. The maximum absolute atomic E-state index is 3.62. The lowest BCUT2D eigenvalue weighted by Crippen LogP contribution is -2.54.